The summed E-state index contributed by atoms with van der Waals surface area (Å²) >= 11 is 8.59. The van der Waals surface area contributed by atoms with Gasteiger partial charge in [-0.25, -0.2) is 9.37 Å². The van der Waals surface area contributed by atoms with Crippen LogP contribution in [0.15, 0.2) is 70.1 Å². The van der Waals surface area contributed by atoms with Crippen LogP contribution in [0.5, 0.6) is 0 Å². The van der Waals surface area contributed by atoms with Crippen LogP contribution in [-0.2, 0) is 16.8 Å². The second-order valence-corrected chi connectivity index (χ2v) is 11.3. The average Bonchev–Trinajstić information content (AvgIpc) is 3.36. The Bertz CT molecular complexity index is 1650. The van der Waals surface area contributed by atoms with Gasteiger partial charge in [-0.3, -0.25) is 4.79 Å². The van der Waals surface area contributed by atoms with E-state index in [1.807, 2.05) is 29.8 Å². The van der Waals surface area contributed by atoms with Crippen LogP contribution in [-0.4, -0.2) is 21.2 Å². The van der Waals surface area contributed by atoms with Gasteiger partial charge in [-0.1, -0.05) is 18.5 Å². The minimum Gasteiger partial charge on any atom is -0.440 e. The molecule has 1 fully saturated rings. The zero-order valence-electron chi connectivity index (χ0n) is 20.5. The standard InChI is InChI=1S/C29H25ClFN3O2S/c1-3-37-21-5-7-24-18(13-21)8-11-34(24)16-26(35)32-20-12-17(2)27(22(30)15-20)29(9-10-29)28-33-23-6-4-19(31)14-25(23)36-28/h4-8,11-15H,3,9-10,16H2,1-2H3,(H,32,35). The number of nitrogens with zero attached hydrogens (tertiary/aromatic N) is 2. The van der Waals surface area contributed by atoms with E-state index in [-0.39, 0.29) is 18.3 Å². The number of fused-ring (bicyclic) bond motifs is 2. The number of amides is 1. The van der Waals surface area contributed by atoms with Gasteiger partial charge < -0.3 is 14.3 Å². The second kappa shape index (κ2) is 9.23. The quantitative estimate of drug-likeness (QED) is 0.218. The summed E-state index contributed by atoms with van der Waals surface area (Å²) in [6.45, 7) is 4.31. The van der Waals surface area contributed by atoms with E-state index in [4.69, 9.17) is 16.0 Å². The molecular formula is C29H25ClFN3O2S. The summed E-state index contributed by atoms with van der Waals surface area (Å²) < 4.78 is 21.6. The number of anilines is 1. The van der Waals surface area contributed by atoms with Crippen molar-refractivity contribution in [2.75, 3.05) is 11.1 Å². The van der Waals surface area contributed by atoms with Crippen molar-refractivity contribution in [1.29, 1.82) is 0 Å². The number of halogens is 2. The highest BCUT2D eigenvalue weighted by molar-refractivity contribution is 7.99. The molecule has 0 unspecified atom stereocenters. The summed E-state index contributed by atoms with van der Waals surface area (Å²) in [6, 6.07) is 16.4. The van der Waals surface area contributed by atoms with Crippen LogP contribution in [0.4, 0.5) is 10.1 Å². The molecule has 2 heterocycles. The SMILES string of the molecule is CCSc1ccc2c(ccn2CC(=O)Nc2cc(C)c(C3(c4nc5ccc(F)cc5o4)CC3)c(Cl)c2)c1. The van der Waals surface area contributed by atoms with E-state index in [2.05, 4.69) is 35.4 Å². The smallest absolute Gasteiger partial charge is 0.244 e. The summed E-state index contributed by atoms with van der Waals surface area (Å²) in [4.78, 5) is 18.8. The van der Waals surface area contributed by atoms with Crippen molar-refractivity contribution >= 4 is 57.0 Å². The number of hydrogen-bond donors (Lipinski definition) is 1. The molecule has 1 aliphatic carbocycles. The molecule has 6 rings (SSSR count). The molecule has 5 aromatic rings. The van der Waals surface area contributed by atoms with Crippen molar-refractivity contribution in [3.8, 4) is 0 Å². The molecular weight excluding hydrogens is 509 g/mol. The van der Waals surface area contributed by atoms with Crippen molar-refractivity contribution in [1.82, 2.24) is 9.55 Å². The van der Waals surface area contributed by atoms with Crippen molar-refractivity contribution in [2.24, 2.45) is 0 Å². The maximum atomic E-state index is 13.7. The van der Waals surface area contributed by atoms with Crippen molar-refractivity contribution < 1.29 is 13.6 Å². The lowest BCUT2D eigenvalue weighted by Crippen LogP contribution is -2.19. The van der Waals surface area contributed by atoms with E-state index in [9.17, 15) is 9.18 Å². The van der Waals surface area contributed by atoms with E-state index in [0.717, 1.165) is 40.6 Å². The first-order chi connectivity index (χ1) is 17.9. The maximum Gasteiger partial charge on any atom is 0.244 e. The predicted molar refractivity (Wildman–Crippen MR) is 147 cm³/mol. The zero-order valence-corrected chi connectivity index (χ0v) is 22.0. The van der Waals surface area contributed by atoms with Crippen LogP contribution in [0.25, 0.3) is 22.0 Å². The Morgan fingerprint density at radius 2 is 2.03 bits per heavy atom. The van der Waals surface area contributed by atoms with Crippen molar-refractivity contribution in [3.05, 3.63) is 88.7 Å². The minimum absolute atomic E-state index is 0.130. The van der Waals surface area contributed by atoms with Gasteiger partial charge in [-0.15, -0.1) is 11.8 Å². The van der Waals surface area contributed by atoms with Crippen molar-refractivity contribution in [2.45, 2.75) is 43.5 Å². The molecule has 37 heavy (non-hydrogen) atoms. The third-order valence-electron chi connectivity index (χ3n) is 6.93. The lowest BCUT2D eigenvalue weighted by atomic mass is 9.91. The molecule has 0 bridgehead atoms. The van der Waals surface area contributed by atoms with Gasteiger partial charge in [-0.05, 0) is 85.2 Å². The highest BCUT2D eigenvalue weighted by Crippen LogP contribution is 2.56. The molecule has 1 saturated carbocycles. The molecule has 188 valence electrons. The highest BCUT2D eigenvalue weighted by atomic mass is 35.5. The number of benzene rings is 3. The van der Waals surface area contributed by atoms with Crippen LogP contribution < -0.4 is 5.32 Å². The minimum atomic E-state index is -0.432. The number of oxazole rings is 1. The van der Waals surface area contributed by atoms with Gasteiger partial charge in [-0.2, -0.15) is 0 Å². The van der Waals surface area contributed by atoms with Crippen molar-refractivity contribution in [3.63, 3.8) is 0 Å². The summed E-state index contributed by atoms with van der Waals surface area (Å²) in [5.74, 6) is 1.08. The maximum absolute atomic E-state index is 13.7. The normalized spacial score (nSPS) is 14.4. The Kier molecular flexibility index (Phi) is 6.00. The fourth-order valence-electron chi connectivity index (χ4n) is 5.15. The van der Waals surface area contributed by atoms with E-state index in [0.29, 0.717) is 27.7 Å². The number of nitrogens with one attached hydrogen (secondary N) is 1. The van der Waals surface area contributed by atoms with Gasteiger partial charge in [0.05, 0.1) is 5.41 Å². The summed E-state index contributed by atoms with van der Waals surface area (Å²) in [5.41, 5.74) is 4.17. The van der Waals surface area contributed by atoms with Crippen LogP contribution in [0.3, 0.4) is 0 Å². The first kappa shape index (κ1) is 24.1. The van der Waals surface area contributed by atoms with E-state index < -0.39 is 5.41 Å². The first-order valence-electron chi connectivity index (χ1n) is 12.2. The zero-order chi connectivity index (χ0) is 25.7. The number of thioether (sulfide) groups is 1. The number of aromatic nitrogens is 2. The Morgan fingerprint density at radius 1 is 1.19 bits per heavy atom. The van der Waals surface area contributed by atoms with Gasteiger partial charge in [0, 0.05) is 38.8 Å². The lowest BCUT2D eigenvalue weighted by Gasteiger charge is -2.18. The van der Waals surface area contributed by atoms with Gasteiger partial charge >= 0.3 is 0 Å². The molecule has 0 radical (unpaired) electrons. The van der Waals surface area contributed by atoms with Crippen LogP contribution in [0.2, 0.25) is 5.02 Å². The van der Waals surface area contributed by atoms with Crippen LogP contribution in [0, 0.1) is 12.7 Å². The Labute approximate surface area is 223 Å². The van der Waals surface area contributed by atoms with Gasteiger partial charge in [0.1, 0.15) is 17.9 Å². The second-order valence-electron chi connectivity index (χ2n) is 9.51. The monoisotopic (exact) mass is 533 g/mol. The Balaban J connectivity index is 1.23. The van der Waals surface area contributed by atoms with E-state index in [1.54, 1.807) is 23.9 Å². The molecule has 0 spiro atoms. The fraction of sp³-hybridized carbons (Fsp3) is 0.241. The molecule has 3 aromatic carbocycles. The van der Waals surface area contributed by atoms with E-state index in [1.165, 1.54) is 17.0 Å². The lowest BCUT2D eigenvalue weighted by molar-refractivity contribution is -0.116. The number of aryl methyl sites for hydroxylation is 1. The van der Waals surface area contributed by atoms with Gasteiger partial charge in [0.15, 0.2) is 5.58 Å². The molecule has 0 aliphatic heterocycles. The third-order valence-corrected chi connectivity index (χ3v) is 8.10. The molecule has 5 nitrogen and oxygen atoms in total. The first-order valence-corrected chi connectivity index (χ1v) is 13.6. The largest absolute Gasteiger partial charge is 0.440 e. The molecule has 1 amide bonds. The van der Waals surface area contributed by atoms with Crippen LogP contribution >= 0.6 is 23.4 Å². The third kappa shape index (κ3) is 4.40. The molecule has 1 N–H and O–H groups in total. The average molecular weight is 534 g/mol. The van der Waals surface area contributed by atoms with E-state index >= 15 is 0 Å². The number of carbonyl (C=O) groups is 1. The van der Waals surface area contributed by atoms with Crippen LogP contribution in [0.1, 0.15) is 36.8 Å². The fourth-order valence-corrected chi connectivity index (χ4v) is 6.30. The summed E-state index contributed by atoms with van der Waals surface area (Å²) in [6.07, 6.45) is 3.62. The number of hydrogen-bond acceptors (Lipinski definition) is 4. The Hall–Kier alpha value is -3.29. The van der Waals surface area contributed by atoms with Gasteiger partial charge in [0.2, 0.25) is 11.8 Å². The molecule has 1 aliphatic rings. The summed E-state index contributed by atoms with van der Waals surface area (Å²) in [7, 11) is 0. The molecule has 0 atom stereocenters. The molecule has 8 heteroatoms. The summed E-state index contributed by atoms with van der Waals surface area (Å²) in [5, 5.41) is 4.66. The number of carbonyl (C=O) groups excluding carboxylic acids is 1. The van der Waals surface area contributed by atoms with Gasteiger partial charge in [0.25, 0.3) is 0 Å². The molecule has 2 aromatic heterocycles. The topological polar surface area (TPSA) is 60.1 Å². The highest BCUT2D eigenvalue weighted by Gasteiger charge is 2.52. The number of rotatable bonds is 7. The predicted octanol–water partition coefficient (Wildman–Crippen LogP) is 7.71. The Morgan fingerprint density at radius 3 is 2.78 bits per heavy atom. The molecule has 0 saturated heterocycles.